The molecule has 0 unspecified atom stereocenters. The number of benzene rings is 1. The lowest BCUT2D eigenvalue weighted by atomic mass is 10.1. The maximum Gasteiger partial charge on any atom is 0.0703 e. The Kier molecular flexibility index (Phi) is 3.06. The van der Waals surface area contributed by atoms with Gasteiger partial charge in [-0.1, -0.05) is 17.7 Å². The summed E-state index contributed by atoms with van der Waals surface area (Å²) in [6.07, 6.45) is 3.73. The summed E-state index contributed by atoms with van der Waals surface area (Å²) in [5, 5.41) is 13.5. The second kappa shape index (κ2) is 4.32. The molecule has 0 spiro atoms. The molecule has 1 N–H and O–H groups in total. The van der Waals surface area contributed by atoms with Crippen LogP contribution in [-0.4, -0.2) is 14.9 Å². The molecule has 0 aliphatic heterocycles. The quantitative estimate of drug-likeness (QED) is 0.864. The molecule has 15 heavy (non-hydrogen) atoms. The summed E-state index contributed by atoms with van der Waals surface area (Å²) in [5.41, 5.74) is 2.98. The molecule has 4 heteroatoms. The van der Waals surface area contributed by atoms with Gasteiger partial charge in [-0.3, -0.25) is 0 Å². The van der Waals surface area contributed by atoms with Crippen molar-refractivity contribution >= 4 is 22.6 Å². The van der Waals surface area contributed by atoms with Crippen molar-refractivity contribution in [3.05, 3.63) is 45.3 Å². The SMILES string of the molecule is Cc1ccc(-n2cc(I)cn2)c(CO)c1. The minimum atomic E-state index is 0.0352. The highest BCUT2D eigenvalue weighted by molar-refractivity contribution is 14.1. The van der Waals surface area contributed by atoms with Crippen molar-refractivity contribution in [2.24, 2.45) is 0 Å². The average molecular weight is 314 g/mol. The van der Waals surface area contributed by atoms with Gasteiger partial charge in [-0.05, 0) is 35.6 Å². The van der Waals surface area contributed by atoms with E-state index >= 15 is 0 Å². The molecule has 1 aromatic heterocycles. The standard InChI is InChI=1S/C11H11IN2O/c1-8-2-3-11(9(4-8)7-15)14-6-10(12)5-13-14/h2-6,15H,7H2,1H3. The van der Waals surface area contributed by atoms with Crippen molar-refractivity contribution in [3.63, 3.8) is 0 Å². The van der Waals surface area contributed by atoms with E-state index < -0.39 is 0 Å². The summed E-state index contributed by atoms with van der Waals surface area (Å²) in [6, 6.07) is 5.97. The zero-order valence-electron chi connectivity index (χ0n) is 8.31. The number of hydrogen-bond donors (Lipinski definition) is 1. The third-order valence-corrected chi connectivity index (χ3v) is 2.76. The smallest absolute Gasteiger partial charge is 0.0703 e. The van der Waals surface area contributed by atoms with E-state index in [1.807, 2.05) is 31.3 Å². The molecule has 1 aromatic carbocycles. The summed E-state index contributed by atoms with van der Waals surface area (Å²) in [5.74, 6) is 0. The Morgan fingerprint density at radius 1 is 1.47 bits per heavy atom. The second-order valence-corrected chi connectivity index (χ2v) is 4.64. The first kappa shape index (κ1) is 10.6. The highest BCUT2D eigenvalue weighted by Gasteiger charge is 2.05. The van der Waals surface area contributed by atoms with E-state index in [4.69, 9.17) is 0 Å². The average Bonchev–Trinajstić information content (AvgIpc) is 2.64. The molecule has 2 rings (SSSR count). The second-order valence-electron chi connectivity index (χ2n) is 3.39. The van der Waals surface area contributed by atoms with Crippen LogP contribution in [0.3, 0.4) is 0 Å². The summed E-state index contributed by atoms with van der Waals surface area (Å²) in [6.45, 7) is 2.04. The fourth-order valence-electron chi connectivity index (χ4n) is 1.50. The van der Waals surface area contributed by atoms with Crippen LogP contribution in [0.2, 0.25) is 0 Å². The van der Waals surface area contributed by atoms with Gasteiger partial charge in [-0.25, -0.2) is 4.68 Å². The number of aromatic nitrogens is 2. The first-order chi connectivity index (χ1) is 7.20. The van der Waals surface area contributed by atoms with Gasteiger partial charge in [0.2, 0.25) is 0 Å². The molecule has 0 radical (unpaired) electrons. The molecule has 0 saturated heterocycles. The number of aliphatic hydroxyl groups excluding tert-OH is 1. The van der Waals surface area contributed by atoms with Gasteiger partial charge in [0.25, 0.3) is 0 Å². The van der Waals surface area contributed by atoms with E-state index in [1.54, 1.807) is 10.9 Å². The molecular weight excluding hydrogens is 303 g/mol. The Morgan fingerprint density at radius 2 is 2.27 bits per heavy atom. The normalized spacial score (nSPS) is 10.6. The molecule has 0 aliphatic rings. The molecule has 0 saturated carbocycles. The number of nitrogens with zero attached hydrogens (tertiary/aromatic N) is 2. The fourth-order valence-corrected chi connectivity index (χ4v) is 1.89. The van der Waals surface area contributed by atoms with Gasteiger partial charge in [0, 0.05) is 11.8 Å². The van der Waals surface area contributed by atoms with Gasteiger partial charge in [0.05, 0.1) is 22.1 Å². The van der Waals surface area contributed by atoms with Crippen molar-refractivity contribution < 1.29 is 5.11 Å². The fraction of sp³-hybridized carbons (Fsp3) is 0.182. The van der Waals surface area contributed by atoms with Crippen LogP contribution >= 0.6 is 22.6 Å². The number of aryl methyl sites for hydroxylation is 1. The summed E-state index contributed by atoms with van der Waals surface area (Å²) >= 11 is 2.21. The summed E-state index contributed by atoms with van der Waals surface area (Å²) in [7, 11) is 0. The molecule has 3 nitrogen and oxygen atoms in total. The van der Waals surface area contributed by atoms with Gasteiger partial charge < -0.3 is 5.11 Å². The van der Waals surface area contributed by atoms with Gasteiger partial charge >= 0.3 is 0 Å². The molecule has 78 valence electrons. The van der Waals surface area contributed by atoms with E-state index in [1.165, 1.54) is 0 Å². The van der Waals surface area contributed by atoms with Crippen molar-refractivity contribution in [1.82, 2.24) is 9.78 Å². The number of halogens is 1. The zero-order valence-corrected chi connectivity index (χ0v) is 10.5. The maximum absolute atomic E-state index is 9.27. The summed E-state index contributed by atoms with van der Waals surface area (Å²) in [4.78, 5) is 0. The molecule has 0 atom stereocenters. The van der Waals surface area contributed by atoms with E-state index in [0.717, 1.165) is 20.4 Å². The van der Waals surface area contributed by atoms with Crippen LogP contribution in [0, 0.1) is 10.5 Å². The van der Waals surface area contributed by atoms with Gasteiger partial charge in [0.15, 0.2) is 0 Å². The highest BCUT2D eigenvalue weighted by atomic mass is 127. The number of aliphatic hydroxyl groups is 1. The lowest BCUT2D eigenvalue weighted by molar-refractivity contribution is 0.281. The molecule has 0 bridgehead atoms. The van der Waals surface area contributed by atoms with E-state index in [9.17, 15) is 5.11 Å². The lowest BCUT2D eigenvalue weighted by Crippen LogP contribution is -2.00. The minimum absolute atomic E-state index is 0.0352. The molecule has 0 amide bonds. The van der Waals surface area contributed by atoms with Crippen molar-refractivity contribution in [2.75, 3.05) is 0 Å². The Balaban J connectivity index is 2.52. The number of hydrogen-bond acceptors (Lipinski definition) is 2. The Bertz CT molecular complexity index is 479. The Labute approximate surface area is 102 Å². The first-order valence-corrected chi connectivity index (χ1v) is 5.69. The van der Waals surface area contributed by atoms with E-state index in [2.05, 4.69) is 27.7 Å². The topological polar surface area (TPSA) is 38.0 Å². The molecule has 0 fully saturated rings. The largest absolute Gasteiger partial charge is 0.392 e. The van der Waals surface area contributed by atoms with Crippen LogP contribution in [0.1, 0.15) is 11.1 Å². The third kappa shape index (κ3) is 2.21. The van der Waals surface area contributed by atoms with Crippen LogP contribution in [-0.2, 0) is 6.61 Å². The van der Waals surface area contributed by atoms with Crippen molar-refractivity contribution in [2.45, 2.75) is 13.5 Å². The third-order valence-electron chi connectivity index (χ3n) is 2.20. The molecule has 1 heterocycles. The monoisotopic (exact) mass is 314 g/mol. The van der Waals surface area contributed by atoms with E-state index in [0.29, 0.717) is 0 Å². The van der Waals surface area contributed by atoms with Crippen molar-refractivity contribution in [3.8, 4) is 5.69 Å². The van der Waals surface area contributed by atoms with Crippen LogP contribution in [0.5, 0.6) is 0 Å². The van der Waals surface area contributed by atoms with Gasteiger partial charge in [-0.2, -0.15) is 5.10 Å². The van der Waals surface area contributed by atoms with Crippen LogP contribution in [0.25, 0.3) is 5.69 Å². The predicted molar refractivity (Wildman–Crippen MR) is 66.9 cm³/mol. The first-order valence-electron chi connectivity index (χ1n) is 4.61. The number of rotatable bonds is 2. The van der Waals surface area contributed by atoms with Crippen LogP contribution in [0.4, 0.5) is 0 Å². The van der Waals surface area contributed by atoms with Crippen molar-refractivity contribution in [1.29, 1.82) is 0 Å². The predicted octanol–water partition coefficient (Wildman–Crippen LogP) is 2.28. The molecule has 0 aliphatic carbocycles. The van der Waals surface area contributed by atoms with E-state index in [-0.39, 0.29) is 6.61 Å². The maximum atomic E-state index is 9.27. The van der Waals surface area contributed by atoms with Gasteiger partial charge in [-0.15, -0.1) is 0 Å². The van der Waals surface area contributed by atoms with Crippen LogP contribution < -0.4 is 0 Å². The van der Waals surface area contributed by atoms with Gasteiger partial charge in [0.1, 0.15) is 0 Å². The zero-order chi connectivity index (χ0) is 10.8. The lowest BCUT2D eigenvalue weighted by Gasteiger charge is -2.07. The highest BCUT2D eigenvalue weighted by Crippen LogP contribution is 2.17. The van der Waals surface area contributed by atoms with Crippen LogP contribution in [0.15, 0.2) is 30.6 Å². The molecule has 2 aromatic rings. The Hall–Kier alpha value is -0.880. The molecular formula is C11H11IN2O. The Morgan fingerprint density at radius 3 is 2.87 bits per heavy atom. The summed E-state index contributed by atoms with van der Waals surface area (Å²) < 4.78 is 2.87. The minimum Gasteiger partial charge on any atom is -0.392 e.